The largest absolute Gasteiger partial charge is 0.328 e. The number of rotatable bonds is 0. The molecule has 0 aromatic carbocycles. The highest BCUT2D eigenvalue weighted by molar-refractivity contribution is 5.44. The summed E-state index contributed by atoms with van der Waals surface area (Å²) in [5.41, 5.74) is 5.53. The minimum absolute atomic E-state index is 0.546. The summed E-state index contributed by atoms with van der Waals surface area (Å²) < 4.78 is 0. The zero-order chi connectivity index (χ0) is 9.11. The molecule has 1 saturated carbocycles. The standard InChI is InChI=1S/C5H11N.C2H4O.C2H6/c6-5-3-1-2-4-5;1-2-3;1-2/h5H,1-4,6H2;2H,1H3;1-2H3. The monoisotopic (exact) mass is 159 g/mol. The van der Waals surface area contributed by atoms with Crippen LogP contribution in [-0.2, 0) is 4.79 Å². The van der Waals surface area contributed by atoms with Gasteiger partial charge in [-0.25, -0.2) is 0 Å². The van der Waals surface area contributed by atoms with Gasteiger partial charge in [0, 0.05) is 6.04 Å². The van der Waals surface area contributed by atoms with Crippen molar-refractivity contribution in [2.24, 2.45) is 5.73 Å². The topological polar surface area (TPSA) is 43.1 Å². The van der Waals surface area contributed by atoms with Crippen molar-refractivity contribution >= 4 is 6.29 Å². The zero-order valence-corrected chi connectivity index (χ0v) is 7.97. The van der Waals surface area contributed by atoms with Crippen LogP contribution in [0.2, 0.25) is 0 Å². The van der Waals surface area contributed by atoms with E-state index in [9.17, 15) is 0 Å². The fraction of sp³-hybridized carbons (Fsp3) is 0.889. The van der Waals surface area contributed by atoms with Crippen LogP contribution in [0.1, 0.15) is 46.5 Å². The lowest BCUT2D eigenvalue weighted by molar-refractivity contribution is -0.106. The Bertz CT molecular complexity index is 68.0. The van der Waals surface area contributed by atoms with Crippen molar-refractivity contribution in [2.45, 2.75) is 52.5 Å². The molecule has 0 bridgehead atoms. The fourth-order valence-electron chi connectivity index (χ4n) is 0.957. The van der Waals surface area contributed by atoms with Gasteiger partial charge in [0.15, 0.2) is 0 Å². The number of nitrogens with two attached hydrogens (primary N) is 1. The molecule has 1 fully saturated rings. The smallest absolute Gasteiger partial charge is 0.116 e. The normalized spacial score (nSPS) is 15.6. The second kappa shape index (κ2) is 12.3. The molecule has 1 aliphatic carbocycles. The lowest BCUT2D eigenvalue weighted by Gasteiger charge is -1.92. The van der Waals surface area contributed by atoms with Crippen LogP contribution in [0.25, 0.3) is 0 Å². The van der Waals surface area contributed by atoms with E-state index in [1.54, 1.807) is 0 Å². The molecule has 0 saturated heterocycles. The van der Waals surface area contributed by atoms with E-state index >= 15 is 0 Å². The third-order valence-electron chi connectivity index (χ3n) is 1.40. The van der Waals surface area contributed by atoms with Crippen molar-refractivity contribution in [1.82, 2.24) is 0 Å². The van der Waals surface area contributed by atoms with Gasteiger partial charge in [-0.3, -0.25) is 0 Å². The first-order valence-electron chi connectivity index (χ1n) is 4.46. The van der Waals surface area contributed by atoms with Crippen LogP contribution in [0.15, 0.2) is 0 Å². The van der Waals surface area contributed by atoms with Gasteiger partial charge in [0.2, 0.25) is 0 Å². The summed E-state index contributed by atoms with van der Waals surface area (Å²) in [4.78, 5) is 8.81. The molecule has 0 aromatic rings. The molecule has 0 aromatic heterocycles. The first kappa shape index (κ1) is 13.2. The minimum atomic E-state index is 0.546. The van der Waals surface area contributed by atoms with Crippen LogP contribution in [0, 0.1) is 0 Å². The summed E-state index contributed by atoms with van der Waals surface area (Å²) in [5.74, 6) is 0. The molecule has 1 rings (SSSR count). The quantitative estimate of drug-likeness (QED) is 0.550. The summed E-state index contributed by atoms with van der Waals surface area (Å²) in [6.45, 7) is 5.44. The fourth-order valence-corrected chi connectivity index (χ4v) is 0.957. The minimum Gasteiger partial charge on any atom is -0.328 e. The number of hydrogen-bond acceptors (Lipinski definition) is 2. The molecular formula is C9H21NO. The van der Waals surface area contributed by atoms with E-state index in [1.165, 1.54) is 32.6 Å². The molecule has 68 valence electrons. The van der Waals surface area contributed by atoms with Crippen LogP contribution in [0.3, 0.4) is 0 Å². The Morgan fingerprint density at radius 2 is 1.55 bits per heavy atom. The number of carbonyl (C=O) groups is 1. The molecule has 11 heavy (non-hydrogen) atoms. The van der Waals surface area contributed by atoms with Crippen LogP contribution in [0.4, 0.5) is 0 Å². The number of carbonyl (C=O) groups excluding carboxylic acids is 1. The third-order valence-corrected chi connectivity index (χ3v) is 1.40. The Labute approximate surface area is 70.2 Å². The van der Waals surface area contributed by atoms with Gasteiger partial charge < -0.3 is 10.5 Å². The van der Waals surface area contributed by atoms with E-state index in [1.807, 2.05) is 13.8 Å². The number of hydrogen-bond donors (Lipinski definition) is 1. The molecule has 0 aliphatic heterocycles. The molecule has 0 radical (unpaired) electrons. The van der Waals surface area contributed by atoms with E-state index in [4.69, 9.17) is 10.5 Å². The van der Waals surface area contributed by atoms with E-state index in [0.29, 0.717) is 6.04 Å². The zero-order valence-electron chi connectivity index (χ0n) is 7.97. The number of aldehydes is 1. The Morgan fingerprint density at radius 1 is 1.27 bits per heavy atom. The lowest BCUT2D eigenvalue weighted by atomic mass is 10.3. The van der Waals surface area contributed by atoms with Crippen molar-refractivity contribution < 1.29 is 4.79 Å². The van der Waals surface area contributed by atoms with Crippen molar-refractivity contribution in [3.63, 3.8) is 0 Å². The molecule has 0 spiro atoms. The van der Waals surface area contributed by atoms with E-state index < -0.39 is 0 Å². The van der Waals surface area contributed by atoms with Gasteiger partial charge >= 0.3 is 0 Å². The van der Waals surface area contributed by atoms with Gasteiger partial charge in [-0.1, -0.05) is 26.7 Å². The van der Waals surface area contributed by atoms with Crippen LogP contribution in [0.5, 0.6) is 0 Å². The molecule has 2 N–H and O–H groups in total. The molecule has 1 aliphatic rings. The van der Waals surface area contributed by atoms with Gasteiger partial charge in [0.05, 0.1) is 0 Å². The maximum absolute atomic E-state index is 8.81. The van der Waals surface area contributed by atoms with Gasteiger partial charge in [-0.05, 0) is 19.8 Å². The molecular weight excluding hydrogens is 138 g/mol. The summed E-state index contributed by atoms with van der Waals surface area (Å²) in [7, 11) is 0. The van der Waals surface area contributed by atoms with Crippen LogP contribution < -0.4 is 5.73 Å². The highest BCUT2D eigenvalue weighted by Gasteiger charge is 2.07. The van der Waals surface area contributed by atoms with E-state index in [2.05, 4.69) is 0 Å². The van der Waals surface area contributed by atoms with Crippen LogP contribution in [-0.4, -0.2) is 12.3 Å². The van der Waals surface area contributed by atoms with E-state index in [0.717, 1.165) is 6.29 Å². The maximum Gasteiger partial charge on any atom is 0.116 e. The predicted octanol–water partition coefficient (Wildman–Crippen LogP) is 2.12. The molecule has 2 nitrogen and oxygen atoms in total. The lowest BCUT2D eigenvalue weighted by Crippen LogP contribution is -2.13. The van der Waals surface area contributed by atoms with Gasteiger partial charge in [0.25, 0.3) is 0 Å². The Morgan fingerprint density at radius 3 is 1.64 bits per heavy atom. The average Bonchev–Trinajstić information content (AvgIpc) is 2.46. The molecule has 2 heteroatoms. The first-order valence-corrected chi connectivity index (χ1v) is 4.46. The van der Waals surface area contributed by atoms with E-state index in [-0.39, 0.29) is 0 Å². The van der Waals surface area contributed by atoms with Gasteiger partial charge in [-0.15, -0.1) is 0 Å². The second-order valence-electron chi connectivity index (χ2n) is 2.28. The molecule has 0 amide bonds. The summed E-state index contributed by atoms with van der Waals surface area (Å²) in [5, 5.41) is 0. The Balaban J connectivity index is 0. The summed E-state index contributed by atoms with van der Waals surface area (Å²) in [6, 6.07) is 0.546. The Kier molecular flexibility index (Phi) is 14.8. The third kappa shape index (κ3) is 12.8. The summed E-state index contributed by atoms with van der Waals surface area (Å²) in [6.07, 6.45) is 6.00. The van der Waals surface area contributed by atoms with Crippen molar-refractivity contribution in [2.75, 3.05) is 0 Å². The van der Waals surface area contributed by atoms with Crippen molar-refractivity contribution in [1.29, 1.82) is 0 Å². The molecule has 0 atom stereocenters. The predicted molar refractivity (Wildman–Crippen MR) is 49.5 cm³/mol. The average molecular weight is 159 g/mol. The Hall–Kier alpha value is -0.370. The summed E-state index contributed by atoms with van der Waals surface area (Å²) >= 11 is 0. The van der Waals surface area contributed by atoms with Crippen molar-refractivity contribution in [3.8, 4) is 0 Å². The second-order valence-corrected chi connectivity index (χ2v) is 2.28. The maximum atomic E-state index is 8.81. The first-order chi connectivity index (χ1) is 5.31. The molecule has 0 unspecified atom stereocenters. The highest BCUT2D eigenvalue weighted by atomic mass is 16.1. The SMILES string of the molecule is CC.CC=O.NC1CCCC1. The van der Waals surface area contributed by atoms with Crippen LogP contribution >= 0.6 is 0 Å². The van der Waals surface area contributed by atoms with Gasteiger partial charge in [0.1, 0.15) is 6.29 Å². The molecule has 0 heterocycles. The van der Waals surface area contributed by atoms with Gasteiger partial charge in [-0.2, -0.15) is 0 Å². The highest BCUT2D eigenvalue weighted by Crippen LogP contribution is 2.14. The van der Waals surface area contributed by atoms with Crippen molar-refractivity contribution in [3.05, 3.63) is 0 Å².